The standard InChI is InChI=1S/C62H114NO8P/c1-3-5-7-9-11-13-15-16-17-18-19-20-21-22-23-24-25-26-27-28-29-30-31-32-33-34-35-36-37-38-39-40-41-42-43-44-45-47-49-51-53-55-62(65)71-60(59-70-72(66,67)69-57-56-63)58-68-61(64)54-52-50-48-46-14-12-10-8-6-4-2/h5,7-8,10-11,13,16-17,19-20,60H,3-4,6,9,12,14-15,18,21-59,63H2,1-2H3,(H,66,67)/b7-5-,10-8-,13-11-,17-16-,20-19-. The third-order valence-corrected chi connectivity index (χ3v) is 14.1. The van der Waals surface area contributed by atoms with Gasteiger partial charge in [-0.2, -0.15) is 0 Å². The Morgan fingerprint density at radius 2 is 0.764 bits per heavy atom. The monoisotopic (exact) mass is 1030 g/mol. The highest BCUT2D eigenvalue weighted by Gasteiger charge is 2.26. The van der Waals surface area contributed by atoms with Crippen LogP contribution < -0.4 is 5.73 Å². The molecule has 0 amide bonds. The molecule has 3 N–H and O–H groups in total. The summed E-state index contributed by atoms with van der Waals surface area (Å²) in [5.74, 6) is -0.830. The molecule has 0 aromatic rings. The summed E-state index contributed by atoms with van der Waals surface area (Å²) in [6, 6.07) is 0. The number of rotatable bonds is 57. The van der Waals surface area contributed by atoms with Gasteiger partial charge in [0.15, 0.2) is 6.10 Å². The van der Waals surface area contributed by atoms with Crippen molar-refractivity contribution < 1.29 is 37.6 Å². The van der Waals surface area contributed by atoms with Gasteiger partial charge in [-0.05, 0) is 70.6 Å². The number of phosphoric acid groups is 1. The fourth-order valence-electron chi connectivity index (χ4n) is 8.69. The molecule has 0 rings (SSSR count). The topological polar surface area (TPSA) is 134 Å². The second-order valence-corrected chi connectivity index (χ2v) is 21.6. The molecule has 0 aliphatic carbocycles. The SMILES string of the molecule is CC/C=C\C/C=C\C/C=C\C/C=C\CCCCCCCCCCCCCCCCCCCCCCCCCCCCCCC(=O)OC(COC(=O)CCCCCCC/C=C\CCC)COP(=O)(O)OCCN. The molecular formula is C62H114NO8P. The summed E-state index contributed by atoms with van der Waals surface area (Å²) >= 11 is 0. The van der Waals surface area contributed by atoms with E-state index in [1.54, 1.807) is 0 Å². The van der Waals surface area contributed by atoms with Crippen LogP contribution in [0.3, 0.4) is 0 Å². The van der Waals surface area contributed by atoms with E-state index in [1.807, 2.05) is 0 Å². The van der Waals surface area contributed by atoms with Gasteiger partial charge in [-0.15, -0.1) is 0 Å². The minimum absolute atomic E-state index is 0.0533. The number of phosphoric ester groups is 1. The fraction of sp³-hybridized carbons (Fsp3) is 0.806. The lowest BCUT2D eigenvalue weighted by Gasteiger charge is -2.19. The number of ether oxygens (including phenoxy) is 2. The minimum Gasteiger partial charge on any atom is -0.462 e. The van der Waals surface area contributed by atoms with E-state index in [1.165, 1.54) is 173 Å². The van der Waals surface area contributed by atoms with Crippen molar-refractivity contribution in [3.05, 3.63) is 60.8 Å². The molecule has 0 bridgehead atoms. The highest BCUT2D eigenvalue weighted by molar-refractivity contribution is 7.47. The zero-order valence-corrected chi connectivity index (χ0v) is 47.8. The number of carbonyl (C=O) groups excluding carboxylic acids is 2. The largest absolute Gasteiger partial charge is 0.472 e. The normalized spacial score (nSPS) is 13.4. The van der Waals surface area contributed by atoms with E-state index in [-0.39, 0.29) is 38.6 Å². The Labute approximate surface area is 444 Å². The van der Waals surface area contributed by atoms with Crippen molar-refractivity contribution in [3.63, 3.8) is 0 Å². The first kappa shape index (κ1) is 69.7. The Bertz CT molecular complexity index is 1360. The van der Waals surface area contributed by atoms with E-state index in [9.17, 15) is 19.0 Å². The second kappa shape index (κ2) is 58.0. The van der Waals surface area contributed by atoms with Crippen LogP contribution in [0.15, 0.2) is 60.8 Å². The van der Waals surface area contributed by atoms with E-state index in [0.717, 1.165) is 83.5 Å². The lowest BCUT2D eigenvalue weighted by molar-refractivity contribution is -0.161. The highest BCUT2D eigenvalue weighted by atomic mass is 31.2. The summed E-state index contributed by atoms with van der Waals surface area (Å²) in [5, 5.41) is 0. The van der Waals surface area contributed by atoms with Gasteiger partial charge in [0.2, 0.25) is 0 Å². The molecule has 0 aromatic heterocycles. The summed E-state index contributed by atoms with van der Waals surface area (Å²) in [6.45, 7) is 3.58. The first-order chi connectivity index (χ1) is 35.3. The van der Waals surface area contributed by atoms with E-state index in [2.05, 4.69) is 74.6 Å². The maximum atomic E-state index is 12.7. The van der Waals surface area contributed by atoms with E-state index in [0.29, 0.717) is 6.42 Å². The van der Waals surface area contributed by atoms with Crippen LogP contribution in [0.25, 0.3) is 0 Å². The zero-order chi connectivity index (χ0) is 52.4. The van der Waals surface area contributed by atoms with Crippen molar-refractivity contribution >= 4 is 19.8 Å². The van der Waals surface area contributed by atoms with Crippen LogP contribution in [0.4, 0.5) is 0 Å². The lowest BCUT2D eigenvalue weighted by Crippen LogP contribution is -2.29. The molecule has 2 unspecified atom stereocenters. The quantitative estimate of drug-likeness (QED) is 0.0264. The van der Waals surface area contributed by atoms with Crippen molar-refractivity contribution in [2.24, 2.45) is 5.73 Å². The maximum absolute atomic E-state index is 12.7. The molecule has 0 aliphatic rings. The van der Waals surface area contributed by atoms with Gasteiger partial charge in [0.25, 0.3) is 0 Å². The van der Waals surface area contributed by atoms with Gasteiger partial charge in [-0.1, -0.05) is 267 Å². The molecule has 0 aliphatic heterocycles. The second-order valence-electron chi connectivity index (χ2n) is 20.2. The number of nitrogens with two attached hydrogens (primary N) is 1. The number of esters is 2. The number of carbonyl (C=O) groups is 2. The van der Waals surface area contributed by atoms with Crippen LogP contribution in [0.1, 0.15) is 290 Å². The van der Waals surface area contributed by atoms with Crippen molar-refractivity contribution in [3.8, 4) is 0 Å². The molecule has 0 saturated carbocycles. The van der Waals surface area contributed by atoms with Crippen LogP contribution in [0, 0.1) is 0 Å². The Morgan fingerprint density at radius 1 is 0.431 bits per heavy atom. The Morgan fingerprint density at radius 3 is 1.15 bits per heavy atom. The maximum Gasteiger partial charge on any atom is 0.472 e. The predicted molar refractivity (Wildman–Crippen MR) is 307 cm³/mol. The van der Waals surface area contributed by atoms with Gasteiger partial charge >= 0.3 is 19.8 Å². The lowest BCUT2D eigenvalue weighted by atomic mass is 10.0. The summed E-state index contributed by atoms with van der Waals surface area (Å²) in [7, 11) is -4.38. The Balaban J connectivity index is 3.67. The van der Waals surface area contributed by atoms with Gasteiger partial charge < -0.3 is 20.1 Å². The average Bonchev–Trinajstić information content (AvgIpc) is 3.37. The van der Waals surface area contributed by atoms with E-state index >= 15 is 0 Å². The number of hydrogen-bond acceptors (Lipinski definition) is 8. The van der Waals surface area contributed by atoms with Crippen molar-refractivity contribution in [2.45, 2.75) is 296 Å². The molecule has 2 atom stereocenters. The first-order valence-electron chi connectivity index (χ1n) is 30.3. The van der Waals surface area contributed by atoms with Gasteiger partial charge in [0, 0.05) is 19.4 Å². The molecule has 0 fully saturated rings. The van der Waals surface area contributed by atoms with Crippen LogP contribution in [0.2, 0.25) is 0 Å². The molecule has 10 heteroatoms. The third kappa shape index (κ3) is 57.0. The van der Waals surface area contributed by atoms with Crippen LogP contribution in [-0.4, -0.2) is 49.3 Å². The molecular weight excluding hydrogens is 918 g/mol. The van der Waals surface area contributed by atoms with Gasteiger partial charge in [-0.25, -0.2) is 4.57 Å². The van der Waals surface area contributed by atoms with E-state index in [4.69, 9.17) is 24.3 Å². The minimum atomic E-state index is -4.38. The van der Waals surface area contributed by atoms with Crippen molar-refractivity contribution in [1.29, 1.82) is 0 Å². The van der Waals surface area contributed by atoms with E-state index < -0.39 is 26.5 Å². The first-order valence-corrected chi connectivity index (χ1v) is 31.8. The summed E-state index contributed by atoms with van der Waals surface area (Å²) in [5.41, 5.74) is 5.36. The Hall–Kier alpha value is -2.29. The number of allylic oxidation sites excluding steroid dienone is 10. The molecule has 9 nitrogen and oxygen atoms in total. The van der Waals surface area contributed by atoms with Crippen LogP contribution in [-0.2, 0) is 32.7 Å². The third-order valence-electron chi connectivity index (χ3n) is 13.1. The molecule has 72 heavy (non-hydrogen) atoms. The predicted octanol–water partition coefficient (Wildman–Crippen LogP) is 19.1. The fourth-order valence-corrected chi connectivity index (χ4v) is 9.46. The number of hydrogen-bond donors (Lipinski definition) is 2. The van der Waals surface area contributed by atoms with Crippen molar-refractivity contribution in [2.75, 3.05) is 26.4 Å². The molecule has 0 saturated heterocycles. The summed E-state index contributed by atoms with van der Waals surface area (Å²) in [6.07, 6.45) is 73.4. The molecule has 420 valence electrons. The molecule has 0 radical (unpaired) electrons. The Kier molecular flexibility index (Phi) is 56.1. The molecule has 0 aromatic carbocycles. The van der Waals surface area contributed by atoms with Gasteiger partial charge in [0.1, 0.15) is 6.61 Å². The van der Waals surface area contributed by atoms with Crippen molar-refractivity contribution in [1.82, 2.24) is 0 Å². The summed E-state index contributed by atoms with van der Waals surface area (Å²) < 4.78 is 32.9. The van der Waals surface area contributed by atoms with Crippen LogP contribution in [0.5, 0.6) is 0 Å². The van der Waals surface area contributed by atoms with Gasteiger partial charge in [0.05, 0.1) is 13.2 Å². The van der Waals surface area contributed by atoms with Gasteiger partial charge in [-0.3, -0.25) is 18.6 Å². The average molecular weight is 1030 g/mol. The smallest absolute Gasteiger partial charge is 0.462 e. The highest BCUT2D eigenvalue weighted by Crippen LogP contribution is 2.43. The molecule has 0 heterocycles. The number of unbranched alkanes of at least 4 members (excludes halogenated alkanes) is 34. The van der Waals surface area contributed by atoms with Crippen LogP contribution >= 0.6 is 7.82 Å². The zero-order valence-electron chi connectivity index (χ0n) is 46.9. The summed E-state index contributed by atoms with van der Waals surface area (Å²) in [4.78, 5) is 35.0. The molecule has 0 spiro atoms.